The van der Waals surface area contributed by atoms with Gasteiger partial charge in [0.15, 0.2) is 5.82 Å². The van der Waals surface area contributed by atoms with E-state index in [0.717, 1.165) is 38.9 Å². The van der Waals surface area contributed by atoms with E-state index in [1.54, 1.807) is 24.3 Å². The molecule has 0 amide bonds. The van der Waals surface area contributed by atoms with E-state index >= 15 is 0 Å². The molecule has 4 rings (SSSR count). The van der Waals surface area contributed by atoms with Crippen molar-refractivity contribution < 1.29 is 14.2 Å². The zero-order chi connectivity index (χ0) is 17.9. The lowest BCUT2D eigenvalue weighted by Crippen LogP contribution is -2.16. The van der Waals surface area contributed by atoms with Gasteiger partial charge in [-0.1, -0.05) is 23.4 Å². The summed E-state index contributed by atoms with van der Waals surface area (Å²) in [5.74, 6) is 1.55. The number of hydrogen-bond donors (Lipinski definition) is 0. The molecule has 0 bridgehead atoms. The van der Waals surface area contributed by atoms with Crippen LogP contribution in [0.2, 0.25) is 0 Å². The molecule has 0 spiro atoms. The number of rotatable bonds is 5. The number of pyridine rings is 1. The average Bonchev–Trinajstić information content (AvgIpc) is 3.15. The van der Waals surface area contributed by atoms with Crippen LogP contribution in [0.25, 0.3) is 22.5 Å². The lowest BCUT2D eigenvalue weighted by molar-refractivity contribution is -0.383. The molecule has 0 atom stereocenters. The fraction of sp³-hybridized carbons (Fsp3) is 0.389. The number of fused-ring (bicyclic) bond motifs is 1. The van der Waals surface area contributed by atoms with Crippen LogP contribution in [-0.4, -0.2) is 33.3 Å². The van der Waals surface area contributed by atoms with Gasteiger partial charge in [0.2, 0.25) is 0 Å². The number of nitro benzene ring substituents is 1. The summed E-state index contributed by atoms with van der Waals surface area (Å²) in [6.45, 7) is 1.64. The molecule has 2 aromatic heterocycles. The highest BCUT2D eigenvalue weighted by Gasteiger charge is 2.18. The van der Waals surface area contributed by atoms with Gasteiger partial charge < -0.3 is 9.26 Å². The van der Waals surface area contributed by atoms with Gasteiger partial charge in [0, 0.05) is 31.1 Å². The van der Waals surface area contributed by atoms with Crippen molar-refractivity contribution in [3.8, 4) is 11.6 Å². The summed E-state index contributed by atoms with van der Waals surface area (Å²) >= 11 is 0. The minimum absolute atomic E-state index is 0.0383. The van der Waals surface area contributed by atoms with Crippen molar-refractivity contribution in [2.24, 2.45) is 5.92 Å². The van der Waals surface area contributed by atoms with E-state index in [0.29, 0.717) is 28.3 Å². The van der Waals surface area contributed by atoms with E-state index < -0.39 is 4.92 Å². The molecule has 3 aromatic rings. The van der Waals surface area contributed by atoms with Gasteiger partial charge in [-0.25, -0.2) is 4.98 Å². The van der Waals surface area contributed by atoms with Crippen LogP contribution < -0.4 is 0 Å². The van der Waals surface area contributed by atoms with E-state index in [-0.39, 0.29) is 11.6 Å². The van der Waals surface area contributed by atoms with Gasteiger partial charge in [-0.05, 0) is 31.2 Å². The van der Waals surface area contributed by atoms with Crippen molar-refractivity contribution in [2.75, 3.05) is 13.2 Å². The monoisotopic (exact) mass is 354 g/mol. The standard InChI is InChI=1S/C18H18N4O4/c23-22(24)15-3-1-2-13-5-6-14(19-17(13)15)18-20-16(21-26-18)7-4-12-8-10-25-11-9-12/h1-3,5-6,12H,4,7-11H2. The van der Waals surface area contributed by atoms with Crippen LogP contribution in [-0.2, 0) is 11.2 Å². The highest BCUT2D eigenvalue weighted by atomic mass is 16.6. The third-order valence-electron chi connectivity index (χ3n) is 4.70. The maximum Gasteiger partial charge on any atom is 0.295 e. The fourth-order valence-electron chi connectivity index (χ4n) is 3.23. The summed E-state index contributed by atoms with van der Waals surface area (Å²) in [7, 11) is 0. The first-order valence-corrected chi connectivity index (χ1v) is 8.65. The molecule has 1 aliphatic rings. The molecular formula is C18H18N4O4. The SMILES string of the molecule is O=[N+]([O-])c1cccc2ccc(-c3nc(CCC4CCOCC4)no3)nc12. The first-order chi connectivity index (χ1) is 12.7. The number of nitro groups is 1. The minimum Gasteiger partial charge on any atom is -0.381 e. The maximum atomic E-state index is 11.2. The van der Waals surface area contributed by atoms with Crippen LogP contribution in [0, 0.1) is 16.0 Å². The number of hydrogen-bond acceptors (Lipinski definition) is 7. The lowest BCUT2D eigenvalue weighted by Gasteiger charge is -2.20. The van der Waals surface area contributed by atoms with Gasteiger partial charge in [-0.15, -0.1) is 0 Å². The van der Waals surface area contributed by atoms with Crippen molar-refractivity contribution in [2.45, 2.75) is 25.7 Å². The number of para-hydroxylation sites is 1. The molecule has 134 valence electrons. The van der Waals surface area contributed by atoms with Gasteiger partial charge >= 0.3 is 0 Å². The van der Waals surface area contributed by atoms with E-state index in [4.69, 9.17) is 9.26 Å². The predicted octanol–water partition coefficient (Wildman–Crippen LogP) is 3.55. The molecule has 0 saturated carbocycles. The van der Waals surface area contributed by atoms with Crippen LogP contribution >= 0.6 is 0 Å². The molecule has 0 aliphatic carbocycles. The minimum atomic E-state index is -0.438. The summed E-state index contributed by atoms with van der Waals surface area (Å²) < 4.78 is 10.7. The molecule has 8 heteroatoms. The molecule has 3 heterocycles. The quantitative estimate of drug-likeness (QED) is 0.509. The van der Waals surface area contributed by atoms with Crippen molar-refractivity contribution in [1.82, 2.24) is 15.1 Å². The van der Waals surface area contributed by atoms with Gasteiger partial charge in [-0.2, -0.15) is 4.98 Å². The number of aryl methyl sites for hydroxylation is 1. The summed E-state index contributed by atoms with van der Waals surface area (Å²) in [6.07, 6.45) is 3.88. The predicted molar refractivity (Wildman–Crippen MR) is 93.6 cm³/mol. The Bertz CT molecular complexity index is 934. The zero-order valence-corrected chi connectivity index (χ0v) is 14.1. The average molecular weight is 354 g/mol. The Kier molecular flexibility index (Phi) is 4.57. The molecule has 0 N–H and O–H groups in total. The third kappa shape index (κ3) is 3.41. The van der Waals surface area contributed by atoms with E-state index in [9.17, 15) is 10.1 Å². The summed E-state index contributed by atoms with van der Waals surface area (Å²) in [5.41, 5.74) is 0.720. The smallest absolute Gasteiger partial charge is 0.295 e. The summed E-state index contributed by atoms with van der Waals surface area (Å²) in [5, 5.41) is 15.9. The molecule has 0 unspecified atom stereocenters. The van der Waals surface area contributed by atoms with Gasteiger partial charge in [-0.3, -0.25) is 10.1 Å². The lowest BCUT2D eigenvalue weighted by atomic mass is 9.95. The van der Waals surface area contributed by atoms with E-state index in [1.807, 2.05) is 0 Å². The normalized spacial score (nSPS) is 15.4. The Labute approximate surface area is 149 Å². The molecule has 1 fully saturated rings. The molecular weight excluding hydrogens is 336 g/mol. The maximum absolute atomic E-state index is 11.2. The number of non-ortho nitro benzene ring substituents is 1. The third-order valence-corrected chi connectivity index (χ3v) is 4.70. The van der Waals surface area contributed by atoms with Gasteiger partial charge in [0.1, 0.15) is 11.2 Å². The Morgan fingerprint density at radius 3 is 2.81 bits per heavy atom. The fourth-order valence-corrected chi connectivity index (χ4v) is 3.23. The first kappa shape index (κ1) is 16.6. The Morgan fingerprint density at radius 1 is 1.15 bits per heavy atom. The Morgan fingerprint density at radius 2 is 2.00 bits per heavy atom. The largest absolute Gasteiger partial charge is 0.381 e. The number of nitrogens with zero attached hydrogens (tertiary/aromatic N) is 4. The van der Waals surface area contributed by atoms with E-state index in [1.165, 1.54) is 6.07 Å². The number of aromatic nitrogens is 3. The van der Waals surface area contributed by atoms with Crippen LogP contribution in [0.3, 0.4) is 0 Å². The number of ether oxygens (including phenoxy) is 1. The highest BCUT2D eigenvalue weighted by molar-refractivity contribution is 5.88. The van der Waals surface area contributed by atoms with Crippen molar-refractivity contribution in [3.63, 3.8) is 0 Å². The van der Waals surface area contributed by atoms with Crippen LogP contribution in [0.15, 0.2) is 34.9 Å². The summed E-state index contributed by atoms with van der Waals surface area (Å²) in [4.78, 5) is 19.5. The van der Waals surface area contributed by atoms with Crippen molar-refractivity contribution in [3.05, 3.63) is 46.3 Å². The molecule has 1 saturated heterocycles. The van der Waals surface area contributed by atoms with Crippen molar-refractivity contribution in [1.29, 1.82) is 0 Å². The van der Waals surface area contributed by atoms with Crippen molar-refractivity contribution >= 4 is 16.6 Å². The Balaban J connectivity index is 1.55. The molecule has 1 aliphatic heterocycles. The van der Waals surface area contributed by atoms with Gasteiger partial charge in [0.25, 0.3) is 11.6 Å². The van der Waals surface area contributed by atoms with E-state index in [2.05, 4.69) is 15.1 Å². The molecule has 26 heavy (non-hydrogen) atoms. The Hall–Kier alpha value is -2.87. The molecule has 0 radical (unpaired) electrons. The molecule has 1 aromatic carbocycles. The van der Waals surface area contributed by atoms with Crippen LogP contribution in [0.5, 0.6) is 0 Å². The first-order valence-electron chi connectivity index (χ1n) is 8.65. The zero-order valence-electron chi connectivity index (χ0n) is 14.1. The number of benzene rings is 1. The second-order valence-corrected chi connectivity index (χ2v) is 6.41. The van der Waals surface area contributed by atoms with Crippen LogP contribution in [0.4, 0.5) is 5.69 Å². The van der Waals surface area contributed by atoms with Gasteiger partial charge in [0.05, 0.1) is 4.92 Å². The van der Waals surface area contributed by atoms with Crippen LogP contribution in [0.1, 0.15) is 25.1 Å². The second kappa shape index (κ2) is 7.17. The molecule has 8 nitrogen and oxygen atoms in total. The topological polar surface area (TPSA) is 104 Å². The summed E-state index contributed by atoms with van der Waals surface area (Å²) in [6, 6.07) is 8.37. The highest BCUT2D eigenvalue weighted by Crippen LogP contribution is 2.27. The second-order valence-electron chi connectivity index (χ2n) is 6.41.